The molecule has 0 spiro atoms. The summed E-state index contributed by atoms with van der Waals surface area (Å²) in [5, 5.41) is 8.19. The first-order chi connectivity index (χ1) is 11.1. The molecule has 0 atom stereocenters. The Balaban J connectivity index is 5.42. The number of hydrogen-bond acceptors (Lipinski definition) is 1. The number of alkyl halides is 10. The lowest BCUT2D eigenvalue weighted by atomic mass is 9.91. The van der Waals surface area contributed by atoms with Crippen molar-refractivity contribution in [2.24, 2.45) is 0 Å². The first-order valence-corrected chi connectivity index (χ1v) is 7.62. The van der Waals surface area contributed by atoms with Gasteiger partial charge in [0, 0.05) is 19.4 Å². The normalized spacial score (nSPS) is 14.9. The Morgan fingerprint density at radius 3 is 1.36 bits per heavy atom. The van der Waals surface area contributed by atoms with Crippen LogP contribution in [0.5, 0.6) is 0 Å². The molecule has 25 heavy (non-hydrogen) atoms. The number of aliphatic hydroxyl groups is 1. The van der Waals surface area contributed by atoms with Crippen molar-refractivity contribution in [2.75, 3.05) is 6.61 Å². The third-order valence-electron chi connectivity index (χ3n) is 3.73. The maximum atomic E-state index is 13.5. The Morgan fingerprint density at radius 2 is 0.960 bits per heavy atom. The molecule has 0 heterocycles. The first-order valence-electron chi connectivity index (χ1n) is 7.62. The molecule has 0 aliphatic rings. The van der Waals surface area contributed by atoms with Gasteiger partial charge in [-0.05, 0) is 6.42 Å². The van der Waals surface area contributed by atoms with E-state index in [1.807, 2.05) is 0 Å². The van der Waals surface area contributed by atoms with Crippen LogP contribution in [0.3, 0.4) is 0 Å². The second-order valence-corrected chi connectivity index (χ2v) is 5.77. The van der Waals surface area contributed by atoms with E-state index in [1.54, 1.807) is 6.92 Å². The Bertz CT molecular complexity index is 408. The van der Waals surface area contributed by atoms with Crippen molar-refractivity contribution >= 4 is 0 Å². The van der Waals surface area contributed by atoms with Crippen LogP contribution in [-0.2, 0) is 0 Å². The summed E-state index contributed by atoms with van der Waals surface area (Å²) in [6.45, 7) is 0.0377. The molecule has 0 bridgehead atoms. The molecule has 1 nitrogen and oxygen atoms in total. The van der Waals surface area contributed by atoms with Crippen molar-refractivity contribution in [3.8, 4) is 0 Å². The number of unbranched alkanes of at least 4 members (excludes halogenated alkanes) is 4. The van der Waals surface area contributed by atoms with Gasteiger partial charge >= 0.3 is 29.6 Å². The molecule has 0 rings (SSSR count). The summed E-state index contributed by atoms with van der Waals surface area (Å²) in [5.41, 5.74) is 0. The Labute approximate surface area is 138 Å². The van der Waals surface area contributed by atoms with E-state index < -0.39 is 55.5 Å². The second-order valence-electron chi connectivity index (χ2n) is 5.77. The summed E-state index contributed by atoms with van der Waals surface area (Å²) < 4.78 is 133. The maximum Gasteiger partial charge on any atom is 0.384 e. The van der Waals surface area contributed by atoms with Gasteiger partial charge in [0.1, 0.15) is 0 Å². The molecular formula is C14H20F10O. The Morgan fingerprint density at radius 1 is 0.560 bits per heavy atom. The zero-order valence-electron chi connectivity index (χ0n) is 13.4. The van der Waals surface area contributed by atoms with Gasteiger partial charge in [-0.25, -0.2) is 0 Å². The highest BCUT2D eigenvalue weighted by Crippen LogP contribution is 2.58. The summed E-state index contributed by atoms with van der Waals surface area (Å²) in [5.74, 6) is -31.9. The molecule has 0 unspecified atom stereocenters. The average molecular weight is 394 g/mol. The van der Waals surface area contributed by atoms with Crippen LogP contribution < -0.4 is 0 Å². The van der Waals surface area contributed by atoms with Crippen LogP contribution in [0.15, 0.2) is 0 Å². The van der Waals surface area contributed by atoms with Crippen LogP contribution in [0.2, 0.25) is 0 Å². The van der Waals surface area contributed by atoms with Crippen LogP contribution in [0.4, 0.5) is 43.9 Å². The minimum atomic E-state index is -7.02. The van der Waals surface area contributed by atoms with E-state index in [9.17, 15) is 43.9 Å². The van der Waals surface area contributed by atoms with Gasteiger partial charge in [-0.3, -0.25) is 0 Å². The highest BCUT2D eigenvalue weighted by molar-refractivity contribution is 5.08. The van der Waals surface area contributed by atoms with Crippen LogP contribution in [0.1, 0.15) is 51.9 Å². The summed E-state index contributed by atoms with van der Waals surface area (Å²) in [4.78, 5) is 0. The van der Waals surface area contributed by atoms with E-state index in [0.717, 1.165) is 0 Å². The van der Waals surface area contributed by atoms with Gasteiger partial charge in [0.25, 0.3) is 0 Å². The van der Waals surface area contributed by atoms with E-state index in [-0.39, 0.29) is 6.42 Å². The van der Waals surface area contributed by atoms with Gasteiger partial charge in [-0.15, -0.1) is 0 Å². The quantitative estimate of drug-likeness (QED) is 0.323. The predicted molar refractivity (Wildman–Crippen MR) is 69.8 cm³/mol. The fourth-order valence-electron chi connectivity index (χ4n) is 2.06. The molecule has 0 saturated carbocycles. The fraction of sp³-hybridized carbons (Fsp3) is 1.00. The molecular weight excluding hydrogens is 374 g/mol. The van der Waals surface area contributed by atoms with Crippen molar-refractivity contribution in [3.05, 3.63) is 0 Å². The van der Waals surface area contributed by atoms with Gasteiger partial charge in [0.15, 0.2) is 0 Å². The molecule has 0 radical (unpaired) electrons. The van der Waals surface area contributed by atoms with E-state index >= 15 is 0 Å². The Kier molecular flexibility index (Phi) is 8.06. The highest BCUT2D eigenvalue weighted by Gasteiger charge is 2.85. The number of halogens is 10. The van der Waals surface area contributed by atoms with Gasteiger partial charge < -0.3 is 5.11 Å². The first kappa shape index (κ1) is 24.3. The third kappa shape index (κ3) is 4.71. The topological polar surface area (TPSA) is 20.2 Å². The Hall–Kier alpha value is -0.740. The molecule has 0 aromatic carbocycles. The minimum absolute atomic E-state index is 0.0256. The van der Waals surface area contributed by atoms with Gasteiger partial charge in [-0.1, -0.05) is 32.6 Å². The van der Waals surface area contributed by atoms with Gasteiger partial charge in [0.2, 0.25) is 0 Å². The van der Waals surface area contributed by atoms with Gasteiger partial charge in [0.05, 0.1) is 0 Å². The molecule has 0 aliphatic carbocycles. The van der Waals surface area contributed by atoms with Crippen molar-refractivity contribution in [2.45, 2.75) is 81.5 Å². The number of rotatable bonds is 12. The van der Waals surface area contributed by atoms with Gasteiger partial charge in [-0.2, -0.15) is 43.9 Å². The number of aliphatic hydroxyl groups excluding tert-OH is 1. The van der Waals surface area contributed by atoms with Crippen LogP contribution in [-0.4, -0.2) is 41.3 Å². The predicted octanol–water partition coefficient (Wildman–Crippen LogP) is 5.91. The zero-order valence-corrected chi connectivity index (χ0v) is 13.4. The van der Waals surface area contributed by atoms with Crippen molar-refractivity contribution in [1.82, 2.24) is 0 Å². The lowest BCUT2D eigenvalue weighted by Gasteiger charge is -2.39. The second kappa shape index (κ2) is 8.30. The van der Waals surface area contributed by atoms with Crippen molar-refractivity contribution in [1.29, 1.82) is 0 Å². The van der Waals surface area contributed by atoms with E-state index in [1.165, 1.54) is 0 Å². The van der Waals surface area contributed by atoms with Crippen LogP contribution in [0.25, 0.3) is 0 Å². The SMILES string of the molecule is CCCCCCCC(F)(F)C(F)(F)C(F)(F)C(F)(F)C(F)(F)CCO. The van der Waals surface area contributed by atoms with E-state index in [2.05, 4.69) is 0 Å². The van der Waals surface area contributed by atoms with Crippen LogP contribution in [0, 0.1) is 0 Å². The molecule has 0 saturated heterocycles. The van der Waals surface area contributed by atoms with E-state index in [0.29, 0.717) is 19.3 Å². The largest absolute Gasteiger partial charge is 0.396 e. The molecule has 0 aliphatic heterocycles. The van der Waals surface area contributed by atoms with Crippen molar-refractivity contribution in [3.63, 3.8) is 0 Å². The van der Waals surface area contributed by atoms with E-state index in [4.69, 9.17) is 5.11 Å². The monoisotopic (exact) mass is 394 g/mol. The summed E-state index contributed by atoms with van der Waals surface area (Å²) in [7, 11) is 0. The highest BCUT2D eigenvalue weighted by atomic mass is 19.4. The minimum Gasteiger partial charge on any atom is -0.396 e. The summed E-state index contributed by atoms with van der Waals surface area (Å²) in [6, 6.07) is 0. The number of hydrogen-bond donors (Lipinski definition) is 1. The molecule has 11 heteroatoms. The molecule has 1 N–H and O–H groups in total. The smallest absolute Gasteiger partial charge is 0.384 e. The molecule has 0 amide bonds. The molecule has 0 aromatic rings. The zero-order chi connectivity index (χ0) is 20.2. The van der Waals surface area contributed by atoms with Crippen LogP contribution >= 0.6 is 0 Å². The molecule has 0 aromatic heterocycles. The average Bonchev–Trinajstić information content (AvgIpc) is 2.46. The lowest BCUT2D eigenvalue weighted by molar-refractivity contribution is -0.403. The fourth-order valence-corrected chi connectivity index (χ4v) is 2.06. The standard InChI is InChI=1S/C14H20F10O/c1-2-3-4-5-6-7-10(15,16)12(19,20)14(23,24)13(21,22)11(17,18)8-9-25/h25H,2-9H2,1H3. The maximum absolute atomic E-state index is 13.5. The lowest BCUT2D eigenvalue weighted by Crippen LogP contribution is -2.67. The summed E-state index contributed by atoms with van der Waals surface area (Å²) >= 11 is 0. The van der Waals surface area contributed by atoms with Crippen molar-refractivity contribution < 1.29 is 49.0 Å². The third-order valence-corrected chi connectivity index (χ3v) is 3.73. The molecule has 0 fully saturated rings. The summed E-state index contributed by atoms with van der Waals surface area (Å²) in [6.07, 6.45) is -3.21. The molecule has 152 valence electrons.